The number of nitrogens with zero attached hydrogens (tertiary/aromatic N) is 2. The van der Waals surface area contributed by atoms with Gasteiger partial charge in [0.25, 0.3) is 0 Å². The van der Waals surface area contributed by atoms with E-state index in [-0.39, 0.29) is 35.1 Å². The molecule has 1 heterocycles. The van der Waals surface area contributed by atoms with Crippen molar-refractivity contribution in [3.05, 3.63) is 59.1 Å². The fourth-order valence-corrected chi connectivity index (χ4v) is 5.14. The minimum atomic E-state index is -0.471. The number of anilines is 2. The third-order valence-electron chi connectivity index (χ3n) is 5.94. The molecule has 31 heavy (non-hydrogen) atoms. The predicted octanol–water partition coefficient (Wildman–Crippen LogP) is 4.99. The van der Waals surface area contributed by atoms with Gasteiger partial charge in [0, 0.05) is 21.6 Å². The molecule has 3 unspecified atom stereocenters. The molecule has 1 saturated carbocycles. The van der Waals surface area contributed by atoms with Crippen molar-refractivity contribution < 1.29 is 14.4 Å². The Balaban J connectivity index is 1.62. The number of imide groups is 1. The van der Waals surface area contributed by atoms with Crippen molar-refractivity contribution in [3.63, 3.8) is 0 Å². The number of para-hydroxylation sites is 1. The number of alkyl halides is 1. The van der Waals surface area contributed by atoms with E-state index in [1.807, 2.05) is 31.2 Å². The molecule has 3 atom stereocenters. The Hall–Kier alpha value is -2.38. The van der Waals surface area contributed by atoms with Gasteiger partial charge in [-0.1, -0.05) is 45.7 Å². The summed E-state index contributed by atoms with van der Waals surface area (Å²) in [6, 6.07) is 13.3. The second kappa shape index (κ2) is 9.01. The van der Waals surface area contributed by atoms with Gasteiger partial charge in [-0.15, -0.1) is 0 Å². The molecule has 162 valence electrons. The SMILES string of the molecule is Cc1ccccc1NC(=O)CN1C(=O)N(c2ccc(Cl)cc2)C(=O)C2CC(Br)CCC21. The fourth-order valence-electron chi connectivity index (χ4n) is 4.34. The topological polar surface area (TPSA) is 69.7 Å². The van der Waals surface area contributed by atoms with E-state index in [2.05, 4.69) is 21.2 Å². The Labute approximate surface area is 194 Å². The second-order valence-corrected chi connectivity index (χ2v) is 9.74. The van der Waals surface area contributed by atoms with Crippen LogP contribution in [0.5, 0.6) is 0 Å². The maximum absolute atomic E-state index is 13.4. The van der Waals surface area contributed by atoms with Crippen molar-refractivity contribution in [1.29, 1.82) is 0 Å². The lowest BCUT2D eigenvalue weighted by atomic mass is 9.81. The lowest BCUT2D eigenvalue weighted by Gasteiger charge is -2.47. The average Bonchev–Trinajstić information content (AvgIpc) is 2.74. The zero-order valence-corrected chi connectivity index (χ0v) is 19.4. The van der Waals surface area contributed by atoms with E-state index >= 15 is 0 Å². The largest absolute Gasteiger partial charge is 0.332 e. The lowest BCUT2D eigenvalue weighted by molar-refractivity contribution is -0.128. The molecular formula is C23H23BrClN3O3. The molecular weight excluding hydrogens is 482 g/mol. The van der Waals surface area contributed by atoms with Crippen molar-refractivity contribution in [1.82, 2.24) is 4.90 Å². The zero-order chi connectivity index (χ0) is 22.1. The smallest absolute Gasteiger partial charge is 0.324 e. The first-order valence-corrected chi connectivity index (χ1v) is 11.5. The quantitative estimate of drug-likeness (QED) is 0.597. The van der Waals surface area contributed by atoms with Gasteiger partial charge in [-0.3, -0.25) is 9.59 Å². The number of fused-ring (bicyclic) bond motifs is 1. The van der Waals surface area contributed by atoms with Gasteiger partial charge in [-0.05, 0) is 62.1 Å². The lowest BCUT2D eigenvalue weighted by Crippen LogP contribution is -2.64. The summed E-state index contributed by atoms with van der Waals surface area (Å²) in [6.07, 6.45) is 2.14. The number of carbonyl (C=O) groups excluding carboxylic acids is 3. The average molecular weight is 505 g/mol. The summed E-state index contributed by atoms with van der Waals surface area (Å²) in [5, 5.41) is 3.41. The molecule has 1 saturated heterocycles. The molecule has 8 heteroatoms. The van der Waals surface area contributed by atoms with Crippen LogP contribution in [0.1, 0.15) is 24.8 Å². The van der Waals surface area contributed by atoms with Crippen LogP contribution in [0.2, 0.25) is 5.02 Å². The minimum absolute atomic E-state index is 0.112. The Morgan fingerprint density at radius 2 is 1.84 bits per heavy atom. The van der Waals surface area contributed by atoms with Crippen LogP contribution in [0, 0.1) is 12.8 Å². The first kappa shape index (κ1) is 21.8. The summed E-state index contributed by atoms with van der Waals surface area (Å²) in [7, 11) is 0. The number of hydrogen-bond acceptors (Lipinski definition) is 3. The van der Waals surface area contributed by atoms with Crippen molar-refractivity contribution in [2.45, 2.75) is 37.1 Å². The van der Waals surface area contributed by atoms with Gasteiger partial charge >= 0.3 is 6.03 Å². The molecule has 6 nitrogen and oxygen atoms in total. The standard InChI is InChI=1S/C23H23BrClN3O3/c1-14-4-2-3-5-19(14)26-21(29)13-27-20-11-6-15(24)12-18(20)22(30)28(23(27)31)17-9-7-16(25)8-10-17/h2-5,7-10,15,18,20H,6,11-13H2,1H3,(H,26,29). The van der Waals surface area contributed by atoms with Gasteiger partial charge in [0.1, 0.15) is 6.54 Å². The first-order valence-electron chi connectivity index (χ1n) is 10.2. The molecule has 1 N–H and O–H groups in total. The molecule has 4 rings (SSSR count). The number of rotatable bonds is 4. The molecule has 2 fully saturated rings. The van der Waals surface area contributed by atoms with Crippen LogP contribution in [0.4, 0.5) is 16.2 Å². The van der Waals surface area contributed by atoms with Gasteiger partial charge in [-0.2, -0.15) is 0 Å². The van der Waals surface area contributed by atoms with E-state index < -0.39 is 6.03 Å². The van der Waals surface area contributed by atoms with E-state index in [1.54, 1.807) is 29.2 Å². The monoisotopic (exact) mass is 503 g/mol. The van der Waals surface area contributed by atoms with Crippen LogP contribution in [0.25, 0.3) is 0 Å². The van der Waals surface area contributed by atoms with Gasteiger partial charge in [0.2, 0.25) is 11.8 Å². The predicted molar refractivity (Wildman–Crippen MR) is 125 cm³/mol. The molecule has 2 aliphatic rings. The van der Waals surface area contributed by atoms with Crippen LogP contribution in [-0.4, -0.2) is 40.2 Å². The Bertz CT molecular complexity index is 1010. The summed E-state index contributed by atoms with van der Waals surface area (Å²) < 4.78 is 0. The highest BCUT2D eigenvalue weighted by atomic mass is 79.9. The van der Waals surface area contributed by atoms with Crippen LogP contribution >= 0.6 is 27.5 Å². The van der Waals surface area contributed by atoms with Crippen molar-refractivity contribution >= 4 is 56.8 Å². The van der Waals surface area contributed by atoms with Crippen molar-refractivity contribution in [2.24, 2.45) is 5.92 Å². The Kier molecular flexibility index (Phi) is 6.34. The molecule has 0 radical (unpaired) electrons. The number of amides is 4. The summed E-state index contributed by atoms with van der Waals surface area (Å²) in [5.74, 6) is -0.873. The zero-order valence-electron chi connectivity index (χ0n) is 17.1. The number of benzene rings is 2. The van der Waals surface area contributed by atoms with E-state index in [4.69, 9.17) is 11.6 Å². The maximum atomic E-state index is 13.4. The summed E-state index contributed by atoms with van der Waals surface area (Å²) in [4.78, 5) is 42.5. The number of carbonyl (C=O) groups is 3. The van der Waals surface area contributed by atoms with Gasteiger partial charge < -0.3 is 10.2 Å². The van der Waals surface area contributed by atoms with Crippen molar-refractivity contribution in [2.75, 3.05) is 16.8 Å². The van der Waals surface area contributed by atoms with Gasteiger partial charge in [-0.25, -0.2) is 9.69 Å². The molecule has 0 spiro atoms. The molecule has 2 aromatic carbocycles. The molecule has 0 aromatic heterocycles. The number of nitrogens with one attached hydrogen (secondary N) is 1. The molecule has 4 amide bonds. The minimum Gasteiger partial charge on any atom is -0.324 e. The van der Waals surface area contributed by atoms with E-state index in [1.165, 1.54) is 4.90 Å². The number of halogens is 2. The van der Waals surface area contributed by atoms with E-state index in [9.17, 15) is 14.4 Å². The van der Waals surface area contributed by atoms with Gasteiger partial charge in [0.05, 0.1) is 11.6 Å². The highest BCUT2D eigenvalue weighted by molar-refractivity contribution is 9.09. The number of urea groups is 1. The molecule has 2 aromatic rings. The highest BCUT2D eigenvalue weighted by Crippen LogP contribution is 2.38. The van der Waals surface area contributed by atoms with Crippen LogP contribution in [-0.2, 0) is 9.59 Å². The molecule has 0 bridgehead atoms. The highest BCUT2D eigenvalue weighted by Gasteiger charge is 2.49. The fraction of sp³-hybridized carbons (Fsp3) is 0.348. The van der Waals surface area contributed by atoms with E-state index in [0.29, 0.717) is 29.2 Å². The van der Waals surface area contributed by atoms with Crippen LogP contribution < -0.4 is 10.2 Å². The number of aryl methyl sites for hydroxylation is 1. The molecule has 1 aliphatic carbocycles. The third kappa shape index (κ3) is 4.48. The number of hydrogen-bond donors (Lipinski definition) is 1. The summed E-state index contributed by atoms with van der Waals surface area (Å²) in [5.41, 5.74) is 2.11. The van der Waals surface area contributed by atoms with Crippen molar-refractivity contribution in [3.8, 4) is 0 Å². The Morgan fingerprint density at radius 1 is 1.13 bits per heavy atom. The first-order chi connectivity index (χ1) is 14.8. The summed E-state index contributed by atoms with van der Waals surface area (Å²) >= 11 is 9.61. The Morgan fingerprint density at radius 3 is 2.55 bits per heavy atom. The second-order valence-electron chi connectivity index (χ2n) is 8.01. The maximum Gasteiger partial charge on any atom is 0.332 e. The normalized spacial score (nSPS) is 23.5. The van der Waals surface area contributed by atoms with Crippen LogP contribution in [0.3, 0.4) is 0 Å². The van der Waals surface area contributed by atoms with E-state index in [0.717, 1.165) is 12.0 Å². The van der Waals surface area contributed by atoms with Crippen LogP contribution in [0.15, 0.2) is 48.5 Å². The third-order valence-corrected chi connectivity index (χ3v) is 7.03. The van der Waals surface area contributed by atoms with Gasteiger partial charge in [0.15, 0.2) is 0 Å². The molecule has 1 aliphatic heterocycles. The summed E-state index contributed by atoms with van der Waals surface area (Å²) in [6.45, 7) is 1.80.